The van der Waals surface area contributed by atoms with Crippen molar-refractivity contribution in [2.75, 3.05) is 0 Å². The first kappa shape index (κ1) is 11.7. The van der Waals surface area contributed by atoms with E-state index in [9.17, 15) is 9.59 Å². The molecule has 1 rings (SSSR count). The zero-order valence-corrected chi connectivity index (χ0v) is 8.09. The van der Waals surface area contributed by atoms with E-state index < -0.39 is 24.5 Å². The topological polar surface area (TPSA) is 72.8 Å². The van der Waals surface area contributed by atoms with E-state index in [1.165, 1.54) is 0 Å². The molecular weight excluding hydrogens is 200 g/mol. The van der Waals surface area contributed by atoms with Gasteiger partial charge < -0.3 is 19.4 Å². The van der Waals surface area contributed by atoms with E-state index in [0.717, 1.165) is 0 Å². The van der Waals surface area contributed by atoms with Gasteiger partial charge in [-0.3, -0.25) is 0 Å². The SMILES string of the molecule is C#CCCCC1O[C@@H](C=O)[C@H](C(=O)O)O1. The highest BCUT2D eigenvalue weighted by atomic mass is 16.7. The Morgan fingerprint density at radius 1 is 1.53 bits per heavy atom. The second kappa shape index (κ2) is 5.49. The molecule has 0 aromatic heterocycles. The molecule has 0 aromatic carbocycles. The number of ether oxygens (including phenoxy) is 2. The molecule has 0 radical (unpaired) electrons. The highest BCUT2D eigenvalue weighted by Crippen LogP contribution is 2.21. The van der Waals surface area contributed by atoms with Gasteiger partial charge >= 0.3 is 5.97 Å². The first-order valence-electron chi connectivity index (χ1n) is 4.61. The number of terminal acetylenes is 1. The molecule has 0 aliphatic carbocycles. The summed E-state index contributed by atoms with van der Waals surface area (Å²) in [7, 11) is 0. The first-order valence-corrected chi connectivity index (χ1v) is 4.61. The van der Waals surface area contributed by atoms with Crippen molar-refractivity contribution in [3.8, 4) is 12.3 Å². The third-order valence-corrected chi connectivity index (χ3v) is 2.04. The van der Waals surface area contributed by atoms with E-state index in [4.69, 9.17) is 21.0 Å². The molecule has 5 heteroatoms. The molecule has 1 saturated heterocycles. The smallest absolute Gasteiger partial charge is 0.336 e. The number of rotatable bonds is 5. The third kappa shape index (κ3) is 3.05. The summed E-state index contributed by atoms with van der Waals surface area (Å²) < 4.78 is 10.1. The Balaban J connectivity index is 2.43. The fourth-order valence-electron chi connectivity index (χ4n) is 1.33. The minimum absolute atomic E-state index is 0.444. The van der Waals surface area contributed by atoms with E-state index in [-0.39, 0.29) is 0 Å². The van der Waals surface area contributed by atoms with Crippen LogP contribution in [0.1, 0.15) is 19.3 Å². The molecule has 3 atom stereocenters. The molecular formula is C10H12O5. The number of aldehydes is 1. The van der Waals surface area contributed by atoms with E-state index in [0.29, 0.717) is 25.5 Å². The Morgan fingerprint density at radius 2 is 2.27 bits per heavy atom. The molecule has 1 fully saturated rings. The molecule has 0 spiro atoms. The van der Waals surface area contributed by atoms with Crippen molar-refractivity contribution in [2.45, 2.75) is 37.8 Å². The normalized spacial score (nSPS) is 29.7. The predicted molar refractivity (Wildman–Crippen MR) is 49.9 cm³/mol. The fourth-order valence-corrected chi connectivity index (χ4v) is 1.33. The van der Waals surface area contributed by atoms with Crippen LogP contribution in [0.5, 0.6) is 0 Å². The zero-order valence-electron chi connectivity index (χ0n) is 8.09. The fraction of sp³-hybridized carbons (Fsp3) is 0.600. The van der Waals surface area contributed by atoms with Crippen LogP contribution >= 0.6 is 0 Å². The maximum Gasteiger partial charge on any atom is 0.336 e. The van der Waals surface area contributed by atoms with Crippen LogP contribution in [-0.2, 0) is 19.1 Å². The summed E-state index contributed by atoms with van der Waals surface area (Å²) in [6.07, 6.45) is 4.40. The van der Waals surface area contributed by atoms with Crippen LogP contribution in [0, 0.1) is 12.3 Å². The molecule has 1 unspecified atom stereocenters. The van der Waals surface area contributed by atoms with Crippen molar-refractivity contribution in [3.63, 3.8) is 0 Å². The van der Waals surface area contributed by atoms with Gasteiger partial charge in [0.15, 0.2) is 24.8 Å². The van der Waals surface area contributed by atoms with Crippen molar-refractivity contribution in [3.05, 3.63) is 0 Å². The average molecular weight is 212 g/mol. The van der Waals surface area contributed by atoms with Gasteiger partial charge in [-0.2, -0.15) is 0 Å². The quantitative estimate of drug-likeness (QED) is 0.400. The number of carboxylic acid groups (broad SMARTS) is 1. The van der Waals surface area contributed by atoms with Crippen LogP contribution in [-0.4, -0.2) is 35.9 Å². The number of carbonyl (C=O) groups excluding carboxylic acids is 1. The Labute approximate surface area is 87.4 Å². The van der Waals surface area contributed by atoms with Gasteiger partial charge in [0.25, 0.3) is 0 Å². The van der Waals surface area contributed by atoms with Gasteiger partial charge in [0.2, 0.25) is 0 Å². The number of carboxylic acids is 1. The van der Waals surface area contributed by atoms with Gasteiger partial charge in [0.05, 0.1) is 0 Å². The first-order chi connectivity index (χ1) is 7.19. The maximum atomic E-state index is 10.7. The highest BCUT2D eigenvalue weighted by Gasteiger charge is 2.40. The standard InChI is InChI=1S/C10H12O5/c1-2-3-4-5-8-14-7(6-11)9(15-8)10(12)13/h1,6-9H,3-5H2,(H,12,13)/t7-,8?,9+/m0/s1. The number of hydrogen-bond acceptors (Lipinski definition) is 4. The summed E-state index contributed by atoms with van der Waals surface area (Å²) in [5.74, 6) is 1.27. The van der Waals surface area contributed by atoms with Gasteiger partial charge in [-0.05, 0) is 12.8 Å². The minimum atomic E-state index is -1.20. The van der Waals surface area contributed by atoms with Gasteiger partial charge in [-0.25, -0.2) is 4.79 Å². The molecule has 1 aliphatic heterocycles. The number of hydrogen-bond donors (Lipinski definition) is 1. The van der Waals surface area contributed by atoms with Crippen LogP contribution in [0.4, 0.5) is 0 Å². The van der Waals surface area contributed by atoms with Gasteiger partial charge in [0, 0.05) is 6.42 Å². The molecule has 0 amide bonds. The monoisotopic (exact) mass is 212 g/mol. The van der Waals surface area contributed by atoms with E-state index in [2.05, 4.69) is 5.92 Å². The lowest BCUT2D eigenvalue weighted by atomic mass is 10.2. The summed E-state index contributed by atoms with van der Waals surface area (Å²) in [6, 6.07) is 0. The summed E-state index contributed by atoms with van der Waals surface area (Å²) in [6.45, 7) is 0. The summed E-state index contributed by atoms with van der Waals surface area (Å²) >= 11 is 0. The minimum Gasteiger partial charge on any atom is -0.479 e. The number of carbonyl (C=O) groups is 2. The van der Waals surface area contributed by atoms with Crippen LogP contribution in [0.25, 0.3) is 0 Å². The second-order valence-electron chi connectivity index (χ2n) is 3.16. The Morgan fingerprint density at radius 3 is 2.73 bits per heavy atom. The molecule has 0 saturated carbocycles. The van der Waals surface area contributed by atoms with Gasteiger partial charge in [0.1, 0.15) is 0 Å². The van der Waals surface area contributed by atoms with Crippen molar-refractivity contribution in [1.82, 2.24) is 0 Å². The molecule has 0 bridgehead atoms. The lowest BCUT2D eigenvalue weighted by Crippen LogP contribution is -2.31. The molecule has 0 aromatic rings. The molecule has 1 heterocycles. The summed E-state index contributed by atoms with van der Waals surface area (Å²) in [5.41, 5.74) is 0. The van der Waals surface area contributed by atoms with Gasteiger partial charge in [-0.1, -0.05) is 0 Å². The Hall–Kier alpha value is -1.38. The summed E-state index contributed by atoms with van der Waals surface area (Å²) in [4.78, 5) is 21.1. The Bertz CT molecular complexity index is 280. The molecule has 15 heavy (non-hydrogen) atoms. The zero-order chi connectivity index (χ0) is 11.3. The number of aliphatic carboxylic acids is 1. The summed E-state index contributed by atoms with van der Waals surface area (Å²) in [5, 5.41) is 8.71. The van der Waals surface area contributed by atoms with E-state index in [1.54, 1.807) is 0 Å². The lowest BCUT2D eigenvalue weighted by molar-refractivity contribution is -0.151. The van der Waals surface area contributed by atoms with E-state index in [1.807, 2.05) is 0 Å². The van der Waals surface area contributed by atoms with Crippen molar-refractivity contribution < 1.29 is 24.2 Å². The highest BCUT2D eigenvalue weighted by molar-refractivity contribution is 5.78. The van der Waals surface area contributed by atoms with Crippen molar-refractivity contribution in [1.29, 1.82) is 0 Å². The molecule has 82 valence electrons. The molecule has 1 aliphatic rings. The van der Waals surface area contributed by atoms with Crippen LogP contribution in [0.15, 0.2) is 0 Å². The van der Waals surface area contributed by atoms with Crippen LogP contribution in [0.3, 0.4) is 0 Å². The second-order valence-corrected chi connectivity index (χ2v) is 3.16. The Kier molecular flexibility index (Phi) is 4.28. The molecule has 5 nitrogen and oxygen atoms in total. The third-order valence-electron chi connectivity index (χ3n) is 2.04. The van der Waals surface area contributed by atoms with Crippen molar-refractivity contribution in [2.24, 2.45) is 0 Å². The van der Waals surface area contributed by atoms with Crippen LogP contribution < -0.4 is 0 Å². The largest absolute Gasteiger partial charge is 0.479 e. The average Bonchev–Trinajstić information content (AvgIpc) is 2.62. The maximum absolute atomic E-state index is 10.7. The molecule has 1 N–H and O–H groups in total. The lowest BCUT2D eigenvalue weighted by Gasteiger charge is -2.07. The number of unbranched alkanes of at least 4 members (excludes halogenated alkanes) is 1. The van der Waals surface area contributed by atoms with E-state index >= 15 is 0 Å². The van der Waals surface area contributed by atoms with Crippen LogP contribution in [0.2, 0.25) is 0 Å². The predicted octanol–water partition coefficient (Wildman–Crippen LogP) is 0.183. The van der Waals surface area contributed by atoms with Crippen molar-refractivity contribution >= 4 is 12.3 Å². The van der Waals surface area contributed by atoms with Gasteiger partial charge in [-0.15, -0.1) is 12.3 Å².